The zero-order valence-corrected chi connectivity index (χ0v) is 21.0. The number of methoxy groups -OCH3 is 1. The van der Waals surface area contributed by atoms with Gasteiger partial charge in [-0.15, -0.1) is 0 Å². The quantitative estimate of drug-likeness (QED) is 0.522. The zero-order chi connectivity index (χ0) is 26.0. The monoisotopic (exact) mass is 489 g/mol. The summed E-state index contributed by atoms with van der Waals surface area (Å²) in [5, 5.41) is 2.79. The second-order valence-electron chi connectivity index (χ2n) is 9.98. The van der Waals surface area contributed by atoms with Gasteiger partial charge < -0.3 is 14.8 Å². The number of rotatable bonds is 9. The number of hydrogen-bond acceptors (Lipinski definition) is 6. The Morgan fingerprint density at radius 2 is 1.83 bits per heavy atom. The van der Waals surface area contributed by atoms with Gasteiger partial charge in [-0.1, -0.05) is 38.1 Å². The molecule has 0 unspecified atom stereocenters. The van der Waals surface area contributed by atoms with Crippen molar-refractivity contribution in [1.82, 2.24) is 9.88 Å². The number of aryl methyl sites for hydroxylation is 1. The number of alkyl halides is 2. The van der Waals surface area contributed by atoms with Gasteiger partial charge in [0.1, 0.15) is 5.69 Å². The van der Waals surface area contributed by atoms with Gasteiger partial charge >= 0.3 is 12.6 Å². The summed E-state index contributed by atoms with van der Waals surface area (Å²) in [5.41, 5.74) is 0.763. The fourth-order valence-electron chi connectivity index (χ4n) is 4.65. The van der Waals surface area contributed by atoms with Crippen LogP contribution in [0.2, 0.25) is 0 Å². The van der Waals surface area contributed by atoms with Crippen molar-refractivity contribution >= 4 is 17.6 Å². The number of carbonyl (C=O) groups is 2. The highest BCUT2D eigenvalue weighted by Crippen LogP contribution is 2.41. The molecule has 0 bridgehead atoms. The molecule has 0 radical (unpaired) electrons. The van der Waals surface area contributed by atoms with Crippen molar-refractivity contribution in [2.45, 2.75) is 52.6 Å². The zero-order valence-electron chi connectivity index (χ0n) is 21.0. The van der Waals surface area contributed by atoms with Crippen LogP contribution in [0.4, 0.5) is 14.5 Å². The van der Waals surface area contributed by atoms with Gasteiger partial charge in [0, 0.05) is 25.3 Å². The lowest BCUT2D eigenvalue weighted by Gasteiger charge is -2.51. The Bertz CT molecular complexity index is 1080. The maximum absolute atomic E-state index is 13.8. The van der Waals surface area contributed by atoms with Crippen molar-refractivity contribution < 1.29 is 27.8 Å². The predicted octanol–water partition coefficient (Wildman–Crippen LogP) is 4.51. The van der Waals surface area contributed by atoms with Crippen molar-refractivity contribution in [3.8, 4) is 5.88 Å². The minimum Gasteiger partial charge on any atom is -0.469 e. The number of ether oxygens (including phenoxy) is 2. The Balaban J connectivity index is 1.96. The van der Waals surface area contributed by atoms with Crippen molar-refractivity contribution in [2.24, 2.45) is 5.41 Å². The predicted molar refractivity (Wildman–Crippen MR) is 129 cm³/mol. The summed E-state index contributed by atoms with van der Waals surface area (Å²) in [6, 6.07) is 10.9. The number of esters is 1. The lowest BCUT2D eigenvalue weighted by atomic mass is 9.69. The van der Waals surface area contributed by atoms with Crippen LogP contribution in [0.15, 0.2) is 36.4 Å². The number of hydrogen-bond donors (Lipinski definition) is 1. The van der Waals surface area contributed by atoms with E-state index in [4.69, 9.17) is 4.74 Å². The van der Waals surface area contributed by atoms with Gasteiger partial charge in [-0.05, 0) is 49.9 Å². The summed E-state index contributed by atoms with van der Waals surface area (Å²) < 4.78 is 35.4. The number of nitrogens with zero attached hydrogens (tertiary/aromatic N) is 2. The third kappa shape index (κ3) is 5.61. The number of aromatic nitrogens is 1. The van der Waals surface area contributed by atoms with E-state index in [1.807, 2.05) is 29.2 Å². The molecule has 0 spiro atoms. The molecule has 1 aromatic heterocycles. The number of amides is 1. The molecule has 1 amide bonds. The van der Waals surface area contributed by atoms with E-state index >= 15 is 0 Å². The van der Waals surface area contributed by atoms with Crippen LogP contribution in [0.1, 0.15) is 50.4 Å². The number of likely N-dealkylation sites (tertiary alicyclic amines) is 1. The Labute approximate surface area is 204 Å². The number of pyridine rings is 1. The maximum atomic E-state index is 13.8. The molecular formula is C26H33F2N3O4. The smallest absolute Gasteiger partial charge is 0.388 e. The number of anilines is 1. The van der Waals surface area contributed by atoms with E-state index in [0.717, 1.165) is 11.1 Å². The van der Waals surface area contributed by atoms with E-state index < -0.39 is 17.4 Å². The van der Waals surface area contributed by atoms with Crippen molar-refractivity contribution in [3.63, 3.8) is 0 Å². The lowest BCUT2D eigenvalue weighted by molar-refractivity contribution is -0.153. The number of nitrogens with one attached hydrogen (secondary N) is 1. The standard InChI is InChI=1S/C26H33F2N3O4/c1-16(2)18-9-7-8-10-19(18)26(14-31(15-26)13-25(4,5)23(33)34-6)22(32)30-20-12-11-17(3)29-21(20)35-24(27)28/h7-12,16,24H,13-15H2,1-6H3,(H,30,32). The van der Waals surface area contributed by atoms with Crippen LogP contribution in [0.25, 0.3) is 0 Å². The molecule has 1 aromatic carbocycles. The van der Waals surface area contributed by atoms with E-state index in [1.165, 1.54) is 13.2 Å². The first-order valence-electron chi connectivity index (χ1n) is 11.5. The van der Waals surface area contributed by atoms with Gasteiger partial charge in [-0.25, -0.2) is 4.98 Å². The van der Waals surface area contributed by atoms with E-state index in [0.29, 0.717) is 25.3 Å². The summed E-state index contributed by atoms with van der Waals surface area (Å²) in [5.74, 6) is -0.845. The average molecular weight is 490 g/mol. The molecule has 1 saturated heterocycles. The number of halogens is 2. The molecule has 0 saturated carbocycles. The Morgan fingerprint density at radius 1 is 1.17 bits per heavy atom. The molecule has 1 fully saturated rings. The van der Waals surface area contributed by atoms with E-state index in [-0.39, 0.29) is 29.4 Å². The van der Waals surface area contributed by atoms with Gasteiger partial charge in [0.25, 0.3) is 0 Å². The third-order valence-corrected chi connectivity index (χ3v) is 6.33. The van der Waals surface area contributed by atoms with Gasteiger partial charge in [-0.3, -0.25) is 14.5 Å². The SMILES string of the molecule is COC(=O)C(C)(C)CN1CC(C(=O)Nc2ccc(C)nc2OC(F)F)(c2ccccc2C(C)C)C1. The lowest BCUT2D eigenvalue weighted by Crippen LogP contribution is -2.66. The van der Waals surface area contributed by atoms with Gasteiger partial charge in [0.05, 0.1) is 17.9 Å². The molecule has 1 N–H and O–H groups in total. The van der Waals surface area contributed by atoms with Crippen LogP contribution in [0.3, 0.4) is 0 Å². The van der Waals surface area contributed by atoms with Crippen molar-refractivity contribution in [2.75, 3.05) is 32.1 Å². The molecule has 3 rings (SSSR count). The molecule has 2 heterocycles. The molecule has 190 valence electrons. The molecule has 7 nitrogen and oxygen atoms in total. The van der Waals surface area contributed by atoms with Gasteiger partial charge in [0.2, 0.25) is 11.8 Å². The summed E-state index contributed by atoms with van der Waals surface area (Å²) in [4.78, 5) is 32.1. The highest BCUT2D eigenvalue weighted by Gasteiger charge is 2.53. The van der Waals surface area contributed by atoms with Crippen molar-refractivity contribution in [3.05, 3.63) is 53.2 Å². The van der Waals surface area contributed by atoms with E-state index in [2.05, 4.69) is 28.9 Å². The fourth-order valence-corrected chi connectivity index (χ4v) is 4.65. The summed E-state index contributed by atoms with van der Waals surface area (Å²) >= 11 is 0. The minimum absolute atomic E-state index is 0.0793. The molecule has 1 aliphatic rings. The van der Waals surface area contributed by atoms with Crippen LogP contribution in [0.5, 0.6) is 5.88 Å². The Morgan fingerprint density at radius 3 is 2.43 bits per heavy atom. The maximum Gasteiger partial charge on any atom is 0.388 e. The number of benzene rings is 1. The molecule has 0 atom stereocenters. The van der Waals surface area contributed by atoms with Crippen LogP contribution >= 0.6 is 0 Å². The van der Waals surface area contributed by atoms with Crippen molar-refractivity contribution in [1.29, 1.82) is 0 Å². The molecule has 35 heavy (non-hydrogen) atoms. The average Bonchev–Trinajstić information content (AvgIpc) is 2.76. The minimum atomic E-state index is -3.07. The van der Waals surface area contributed by atoms with Gasteiger partial charge in [0.15, 0.2) is 0 Å². The first-order valence-corrected chi connectivity index (χ1v) is 11.5. The second-order valence-corrected chi connectivity index (χ2v) is 9.98. The van der Waals surface area contributed by atoms with E-state index in [9.17, 15) is 18.4 Å². The van der Waals surface area contributed by atoms with Gasteiger partial charge in [-0.2, -0.15) is 8.78 Å². The highest BCUT2D eigenvalue weighted by molar-refractivity contribution is 6.01. The van der Waals surface area contributed by atoms with Crippen LogP contribution in [-0.4, -0.2) is 55.1 Å². The first-order chi connectivity index (χ1) is 16.4. The largest absolute Gasteiger partial charge is 0.469 e. The summed E-state index contributed by atoms with van der Waals surface area (Å²) in [6.07, 6.45) is 0. The number of carbonyl (C=O) groups excluding carboxylic acids is 2. The van der Waals surface area contributed by atoms with Crippen LogP contribution < -0.4 is 10.1 Å². The Kier molecular flexibility index (Phi) is 7.79. The second kappa shape index (κ2) is 10.3. The fraction of sp³-hybridized carbons (Fsp3) is 0.500. The third-order valence-electron chi connectivity index (χ3n) is 6.33. The molecule has 0 aliphatic carbocycles. The Hall–Kier alpha value is -3.07. The highest BCUT2D eigenvalue weighted by atomic mass is 19.3. The van der Waals surface area contributed by atoms with Crippen LogP contribution in [0, 0.1) is 12.3 Å². The molecule has 9 heteroatoms. The molecule has 1 aliphatic heterocycles. The normalized spacial score (nSPS) is 15.6. The van der Waals surface area contributed by atoms with E-state index in [1.54, 1.807) is 26.8 Å². The molecule has 2 aromatic rings. The first kappa shape index (κ1) is 26.5. The molecular weight excluding hydrogens is 456 g/mol. The topological polar surface area (TPSA) is 80.8 Å². The summed E-state index contributed by atoms with van der Waals surface area (Å²) in [7, 11) is 1.35. The van der Waals surface area contributed by atoms with Crippen LogP contribution in [-0.2, 0) is 19.7 Å². The summed E-state index contributed by atoms with van der Waals surface area (Å²) in [6.45, 7) is 7.40.